The Balaban J connectivity index is 2.07. The second kappa shape index (κ2) is 10.3. The first-order valence-electron chi connectivity index (χ1n) is 10.2. The van der Waals surface area contributed by atoms with Crippen molar-refractivity contribution in [2.24, 2.45) is 5.41 Å². The van der Waals surface area contributed by atoms with Crippen LogP contribution >= 0.6 is 0 Å². The van der Waals surface area contributed by atoms with Gasteiger partial charge in [0.25, 0.3) is 0 Å². The van der Waals surface area contributed by atoms with Crippen LogP contribution in [-0.2, 0) is 20.7 Å². The summed E-state index contributed by atoms with van der Waals surface area (Å²) in [6.07, 6.45) is -9.45. The minimum Gasteiger partial charge on any atom is -0.479 e. The Morgan fingerprint density at radius 2 is 1.64 bits per heavy atom. The molecule has 7 atom stereocenters. The summed E-state index contributed by atoms with van der Waals surface area (Å²) in [5.74, 6) is -3.49. The summed E-state index contributed by atoms with van der Waals surface area (Å²) >= 11 is 0. The molecule has 1 heterocycles. The van der Waals surface area contributed by atoms with Crippen LogP contribution in [0, 0.1) is 5.41 Å². The molecule has 2 rings (SSSR count). The van der Waals surface area contributed by atoms with Gasteiger partial charge in [-0.3, -0.25) is 0 Å². The van der Waals surface area contributed by atoms with Gasteiger partial charge in [0.15, 0.2) is 6.10 Å². The van der Waals surface area contributed by atoms with Gasteiger partial charge >= 0.3 is 11.9 Å². The van der Waals surface area contributed by atoms with Crippen LogP contribution in [0.1, 0.15) is 25.8 Å². The van der Waals surface area contributed by atoms with Gasteiger partial charge in [-0.05, 0) is 30.5 Å². The maximum atomic E-state index is 11.6. The van der Waals surface area contributed by atoms with E-state index in [4.69, 9.17) is 14.6 Å². The fourth-order valence-electron chi connectivity index (χ4n) is 3.64. The molecule has 0 saturated carbocycles. The summed E-state index contributed by atoms with van der Waals surface area (Å²) in [5, 5.41) is 77.6. The summed E-state index contributed by atoms with van der Waals surface area (Å²) < 4.78 is 10.8. The monoisotopic (exact) mass is 474 g/mol. The lowest BCUT2D eigenvalue weighted by molar-refractivity contribution is -0.277. The van der Waals surface area contributed by atoms with Gasteiger partial charge in [0.1, 0.15) is 30.2 Å². The SMILES string of the molecule is CC(C)(CCc1ccc(O[C@@H]2O[C@H](CO)[C@@H](O)[C@H](O)[C@H]2O)cc1)C(O)(C(=O)O)C(O)C(=O)O. The van der Waals surface area contributed by atoms with Gasteiger partial charge in [-0.15, -0.1) is 0 Å². The number of carboxylic acids is 2. The third-order valence-electron chi connectivity index (χ3n) is 6.05. The molecule has 0 spiro atoms. The van der Waals surface area contributed by atoms with E-state index in [-0.39, 0.29) is 18.6 Å². The Kier molecular flexibility index (Phi) is 8.41. The van der Waals surface area contributed by atoms with Gasteiger partial charge < -0.3 is 50.3 Å². The van der Waals surface area contributed by atoms with Gasteiger partial charge in [0, 0.05) is 5.41 Å². The molecular weight excluding hydrogens is 444 g/mol. The minimum absolute atomic E-state index is 0.00700. The number of ether oxygens (including phenoxy) is 2. The number of carbonyl (C=O) groups is 2. The fourth-order valence-corrected chi connectivity index (χ4v) is 3.64. The number of aliphatic carboxylic acids is 2. The molecular formula is C21H30O12. The molecule has 1 aromatic carbocycles. The molecule has 1 saturated heterocycles. The van der Waals surface area contributed by atoms with Gasteiger partial charge in [0.2, 0.25) is 11.9 Å². The lowest BCUT2D eigenvalue weighted by Gasteiger charge is -2.41. The number of carboxylic acid groups (broad SMARTS) is 2. The minimum atomic E-state index is -2.93. The highest BCUT2D eigenvalue weighted by Crippen LogP contribution is 2.39. The number of aliphatic hydroxyl groups excluding tert-OH is 5. The van der Waals surface area contributed by atoms with Crippen molar-refractivity contribution in [3.8, 4) is 5.75 Å². The number of rotatable bonds is 10. The molecule has 1 aliphatic rings. The summed E-state index contributed by atoms with van der Waals surface area (Å²) in [5.41, 5.74) is -3.78. The van der Waals surface area contributed by atoms with Crippen LogP contribution in [0.5, 0.6) is 5.75 Å². The molecule has 1 aromatic rings. The smallest absolute Gasteiger partial charge is 0.339 e. The second-order valence-electron chi connectivity index (χ2n) is 8.66. The molecule has 1 fully saturated rings. The zero-order chi connectivity index (χ0) is 25.1. The van der Waals surface area contributed by atoms with E-state index >= 15 is 0 Å². The van der Waals surface area contributed by atoms with Crippen LogP contribution in [-0.4, -0.2) is 102 Å². The van der Waals surface area contributed by atoms with Crippen molar-refractivity contribution in [1.82, 2.24) is 0 Å². The van der Waals surface area contributed by atoms with Crippen molar-refractivity contribution in [3.05, 3.63) is 29.8 Å². The van der Waals surface area contributed by atoms with Gasteiger partial charge in [-0.1, -0.05) is 26.0 Å². The number of hydrogen-bond acceptors (Lipinski definition) is 10. The van der Waals surface area contributed by atoms with Gasteiger partial charge in [-0.2, -0.15) is 0 Å². The molecule has 0 aromatic heterocycles. The Bertz CT molecular complexity index is 823. The summed E-state index contributed by atoms with van der Waals surface area (Å²) in [7, 11) is 0. The predicted molar refractivity (Wildman–Crippen MR) is 109 cm³/mol. The van der Waals surface area contributed by atoms with E-state index < -0.39 is 66.4 Å². The average molecular weight is 474 g/mol. The Morgan fingerprint density at radius 1 is 1.06 bits per heavy atom. The van der Waals surface area contributed by atoms with E-state index in [2.05, 4.69) is 0 Å². The van der Waals surface area contributed by atoms with Crippen molar-refractivity contribution in [2.45, 2.75) is 69.1 Å². The lowest BCUT2D eigenvalue weighted by atomic mass is 9.68. The fraction of sp³-hybridized carbons (Fsp3) is 0.619. The van der Waals surface area contributed by atoms with Crippen molar-refractivity contribution in [1.29, 1.82) is 0 Å². The maximum absolute atomic E-state index is 11.6. The third kappa shape index (κ3) is 5.44. The van der Waals surface area contributed by atoms with Gasteiger partial charge in [-0.25, -0.2) is 9.59 Å². The molecule has 0 bridgehead atoms. The van der Waals surface area contributed by atoms with Crippen LogP contribution in [0.4, 0.5) is 0 Å². The van der Waals surface area contributed by atoms with Crippen molar-refractivity contribution >= 4 is 11.9 Å². The first-order valence-corrected chi connectivity index (χ1v) is 10.2. The molecule has 186 valence electrons. The topological polar surface area (TPSA) is 214 Å². The molecule has 8 N–H and O–H groups in total. The molecule has 1 aliphatic heterocycles. The highest BCUT2D eigenvalue weighted by molar-refractivity contribution is 5.88. The molecule has 12 heteroatoms. The van der Waals surface area contributed by atoms with E-state index in [1.807, 2.05) is 0 Å². The van der Waals surface area contributed by atoms with Crippen molar-refractivity contribution in [2.75, 3.05) is 6.61 Å². The molecule has 12 nitrogen and oxygen atoms in total. The Labute approximate surface area is 189 Å². The van der Waals surface area contributed by atoms with Crippen LogP contribution < -0.4 is 4.74 Å². The molecule has 0 amide bonds. The first-order chi connectivity index (χ1) is 15.3. The Hall–Kier alpha value is -2.32. The molecule has 2 unspecified atom stereocenters. The summed E-state index contributed by atoms with van der Waals surface area (Å²) in [4.78, 5) is 22.7. The number of benzene rings is 1. The summed E-state index contributed by atoms with van der Waals surface area (Å²) in [6, 6.07) is 6.20. The van der Waals surface area contributed by atoms with Gasteiger partial charge in [0.05, 0.1) is 6.61 Å². The first kappa shape index (κ1) is 26.9. The number of aliphatic hydroxyl groups is 6. The zero-order valence-corrected chi connectivity index (χ0v) is 18.1. The quantitative estimate of drug-likeness (QED) is 0.186. The van der Waals surface area contributed by atoms with Crippen molar-refractivity contribution < 1.29 is 59.9 Å². The van der Waals surface area contributed by atoms with E-state index in [0.29, 0.717) is 5.56 Å². The van der Waals surface area contributed by atoms with Crippen LogP contribution in [0.15, 0.2) is 24.3 Å². The van der Waals surface area contributed by atoms with E-state index in [0.717, 1.165) is 0 Å². The number of aryl methyl sites for hydroxylation is 1. The Morgan fingerprint density at radius 3 is 2.12 bits per heavy atom. The molecule has 0 aliphatic carbocycles. The standard InChI is InChI=1S/C21H30O12/c1-20(2,21(31,19(29)30)16(26)17(27)28)8-7-10-3-5-11(6-4-10)32-18-15(25)14(24)13(23)12(9-22)33-18/h3-6,12-16,18,22-26,31H,7-9H2,1-2H3,(H,27,28)(H,29,30)/t12-,13-,14+,15-,16?,18-,21?/m1/s1. The zero-order valence-electron chi connectivity index (χ0n) is 18.1. The summed E-state index contributed by atoms with van der Waals surface area (Å²) in [6.45, 7) is 2.08. The van der Waals surface area contributed by atoms with Crippen LogP contribution in [0.2, 0.25) is 0 Å². The maximum Gasteiger partial charge on any atom is 0.339 e. The number of hydrogen-bond donors (Lipinski definition) is 8. The highest BCUT2D eigenvalue weighted by Gasteiger charge is 2.57. The van der Waals surface area contributed by atoms with Crippen molar-refractivity contribution in [3.63, 3.8) is 0 Å². The van der Waals surface area contributed by atoms with E-state index in [1.165, 1.54) is 26.0 Å². The van der Waals surface area contributed by atoms with E-state index in [9.17, 15) is 45.3 Å². The average Bonchev–Trinajstić information content (AvgIpc) is 2.77. The highest BCUT2D eigenvalue weighted by atomic mass is 16.7. The van der Waals surface area contributed by atoms with E-state index in [1.54, 1.807) is 12.1 Å². The lowest BCUT2D eigenvalue weighted by Crippen LogP contribution is -2.62. The molecule has 0 radical (unpaired) electrons. The normalized spacial score (nSPS) is 28.5. The second-order valence-corrected chi connectivity index (χ2v) is 8.66. The largest absolute Gasteiger partial charge is 0.479 e. The van der Waals surface area contributed by atoms with Crippen LogP contribution in [0.3, 0.4) is 0 Å². The molecule has 33 heavy (non-hydrogen) atoms. The third-order valence-corrected chi connectivity index (χ3v) is 6.05. The van der Waals surface area contributed by atoms with Crippen LogP contribution in [0.25, 0.3) is 0 Å². The predicted octanol–water partition coefficient (Wildman–Crippen LogP) is -1.91.